The van der Waals surface area contributed by atoms with Gasteiger partial charge in [0.05, 0.1) is 19.0 Å². The van der Waals surface area contributed by atoms with Crippen LogP contribution in [0.4, 0.5) is 0 Å². The summed E-state index contributed by atoms with van der Waals surface area (Å²) in [5.41, 5.74) is 0.937. The van der Waals surface area contributed by atoms with Crippen LogP contribution < -0.4 is 10.1 Å². The van der Waals surface area contributed by atoms with E-state index in [1.807, 2.05) is 13.1 Å². The van der Waals surface area contributed by atoms with Crippen LogP contribution in [0.2, 0.25) is 4.34 Å². The molecule has 2 aromatic heterocycles. The first-order valence-corrected chi connectivity index (χ1v) is 6.26. The average Bonchev–Trinajstić information content (AvgIpc) is 2.85. The first-order valence-electron chi connectivity index (χ1n) is 5.07. The molecule has 0 unspecified atom stereocenters. The third-order valence-electron chi connectivity index (χ3n) is 2.20. The van der Waals surface area contributed by atoms with Crippen molar-refractivity contribution < 1.29 is 4.74 Å². The van der Waals surface area contributed by atoms with Gasteiger partial charge in [0.2, 0.25) is 5.88 Å². The summed E-state index contributed by atoms with van der Waals surface area (Å²) in [6.07, 6.45) is 1.66. The number of methoxy groups -OCH3 is 1. The zero-order valence-electron chi connectivity index (χ0n) is 9.61. The number of aromatic nitrogens is 3. The Bertz CT molecular complexity index is 496. The molecule has 1 N–H and O–H groups in total. The lowest BCUT2D eigenvalue weighted by Crippen LogP contribution is -2.13. The van der Waals surface area contributed by atoms with Crippen molar-refractivity contribution >= 4 is 22.9 Å². The lowest BCUT2D eigenvalue weighted by atomic mass is 10.4. The Hall–Kier alpha value is -1.11. The van der Waals surface area contributed by atoms with Crippen LogP contribution in [-0.4, -0.2) is 21.9 Å². The fourth-order valence-corrected chi connectivity index (χ4v) is 2.38. The molecule has 7 heteroatoms. The van der Waals surface area contributed by atoms with E-state index in [1.165, 1.54) is 11.3 Å². The van der Waals surface area contributed by atoms with Crippen LogP contribution in [-0.2, 0) is 20.1 Å². The van der Waals surface area contributed by atoms with Crippen molar-refractivity contribution in [2.45, 2.75) is 13.1 Å². The third kappa shape index (κ3) is 3.18. The highest BCUT2D eigenvalue weighted by Crippen LogP contribution is 2.18. The fourth-order valence-electron chi connectivity index (χ4n) is 1.45. The van der Waals surface area contributed by atoms with Crippen LogP contribution in [0.5, 0.6) is 5.88 Å². The predicted molar refractivity (Wildman–Crippen MR) is 67.4 cm³/mol. The number of hydrogen-bond acceptors (Lipinski definition) is 5. The van der Waals surface area contributed by atoms with Crippen molar-refractivity contribution in [1.29, 1.82) is 0 Å². The Balaban J connectivity index is 1.85. The molecule has 0 spiro atoms. The number of aryl methyl sites for hydroxylation is 1. The van der Waals surface area contributed by atoms with Crippen molar-refractivity contribution in [3.63, 3.8) is 0 Å². The lowest BCUT2D eigenvalue weighted by Gasteiger charge is -1.98. The molecule has 92 valence electrons. The maximum absolute atomic E-state index is 5.80. The molecule has 0 aliphatic rings. The largest absolute Gasteiger partial charge is 0.481 e. The maximum Gasteiger partial charge on any atom is 0.211 e. The van der Waals surface area contributed by atoms with E-state index in [1.54, 1.807) is 18.0 Å². The second-order valence-corrected chi connectivity index (χ2v) is 5.21. The number of ether oxygens (including phenoxy) is 1. The molecular formula is C10H13ClN4OS. The molecule has 0 bridgehead atoms. The molecule has 0 radical (unpaired) electrons. The minimum absolute atomic E-state index is 0.675. The molecule has 0 amide bonds. The fraction of sp³-hybridized carbons (Fsp3) is 0.400. The van der Waals surface area contributed by atoms with Crippen molar-refractivity contribution in [2.75, 3.05) is 7.11 Å². The van der Waals surface area contributed by atoms with Gasteiger partial charge in [0.25, 0.3) is 0 Å². The van der Waals surface area contributed by atoms with Crippen LogP contribution in [0.3, 0.4) is 0 Å². The summed E-state index contributed by atoms with van der Waals surface area (Å²) in [5.74, 6) is 0.749. The van der Waals surface area contributed by atoms with E-state index in [0.29, 0.717) is 17.4 Å². The van der Waals surface area contributed by atoms with Gasteiger partial charge in [-0.05, 0) is 0 Å². The molecule has 2 heterocycles. The summed E-state index contributed by atoms with van der Waals surface area (Å²) in [7, 11) is 3.48. The maximum atomic E-state index is 5.80. The summed E-state index contributed by atoms with van der Waals surface area (Å²) in [6, 6.07) is 1.90. The van der Waals surface area contributed by atoms with Crippen LogP contribution in [0.1, 0.15) is 10.7 Å². The summed E-state index contributed by atoms with van der Waals surface area (Å²) in [5, 5.41) is 8.53. The third-order valence-corrected chi connectivity index (χ3v) is 3.32. The zero-order valence-corrected chi connectivity index (χ0v) is 11.2. The topological polar surface area (TPSA) is 52.0 Å². The molecule has 0 aliphatic carbocycles. The van der Waals surface area contributed by atoms with Gasteiger partial charge in [-0.3, -0.25) is 0 Å². The first kappa shape index (κ1) is 12.3. The van der Waals surface area contributed by atoms with E-state index in [-0.39, 0.29) is 0 Å². The van der Waals surface area contributed by atoms with Gasteiger partial charge >= 0.3 is 0 Å². The van der Waals surface area contributed by atoms with Gasteiger partial charge in [0, 0.05) is 26.2 Å². The van der Waals surface area contributed by atoms with E-state index in [2.05, 4.69) is 15.4 Å². The summed E-state index contributed by atoms with van der Waals surface area (Å²) >= 11 is 7.27. The Morgan fingerprint density at radius 1 is 1.53 bits per heavy atom. The van der Waals surface area contributed by atoms with E-state index >= 15 is 0 Å². The summed E-state index contributed by atoms with van der Waals surface area (Å²) in [4.78, 5) is 4.16. The van der Waals surface area contributed by atoms with Gasteiger partial charge in [-0.1, -0.05) is 11.6 Å². The SMILES string of the molecule is COc1cc(CNCc2ncc(Cl)s2)nn1C. The molecule has 17 heavy (non-hydrogen) atoms. The normalized spacial score (nSPS) is 10.8. The van der Waals surface area contributed by atoms with Crippen LogP contribution in [0, 0.1) is 0 Å². The highest BCUT2D eigenvalue weighted by atomic mass is 35.5. The van der Waals surface area contributed by atoms with Crippen molar-refractivity contribution in [3.05, 3.63) is 27.3 Å². The Morgan fingerprint density at radius 3 is 2.94 bits per heavy atom. The van der Waals surface area contributed by atoms with Crippen LogP contribution in [0.15, 0.2) is 12.3 Å². The number of thiazole rings is 1. The number of rotatable bonds is 5. The second kappa shape index (κ2) is 5.48. The summed E-state index contributed by atoms with van der Waals surface area (Å²) in [6.45, 7) is 1.37. The lowest BCUT2D eigenvalue weighted by molar-refractivity contribution is 0.373. The van der Waals surface area contributed by atoms with E-state index in [0.717, 1.165) is 16.6 Å². The molecule has 0 aromatic carbocycles. The monoisotopic (exact) mass is 272 g/mol. The van der Waals surface area contributed by atoms with Gasteiger partial charge in [0.1, 0.15) is 9.34 Å². The van der Waals surface area contributed by atoms with Gasteiger partial charge in [-0.25, -0.2) is 9.67 Å². The smallest absolute Gasteiger partial charge is 0.211 e. The Morgan fingerprint density at radius 2 is 2.35 bits per heavy atom. The number of nitrogens with one attached hydrogen (secondary N) is 1. The van der Waals surface area contributed by atoms with Gasteiger partial charge in [-0.2, -0.15) is 5.10 Å². The Labute approximate surface area is 108 Å². The van der Waals surface area contributed by atoms with Crippen molar-refractivity contribution in [2.24, 2.45) is 7.05 Å². The van der Waals surface area contributed by atoms with E-state index in [9.17, 15) is 0 Å². The van der Waals surface area contributed by atoms with Crippen LogP contribution in [0.25, 0.3) is 0 Å². The first-order chi connectivity index (χ1) is 8.19. The average molecular weight is 273 g/mol. The predicted octanol–water partition coefficient (Wildman–Crippen LogP) is 1.83. The second-order valence-electron chi connectivity index (χ2n) is 3.46. The molecule has 2 rings (SSSR count). The molecule has 0 atom stereocenters. The van der Waals surface area contributed by atoms with Crippen molar-refractivity contribution in [3.8, 4) is 5.88 Å². The molecule has 0 fully saturated rings. The highest BCUT2D eigenvalue weighted by Gasteiger charge is 2.05. The van der Waals surface area contributed by atoms with Gasteiger partial charge in [-0.15, -0.1) is 11.3 Å². The molecule has 2 aromatic rings. The minimum atomic E-state index is 0.675. The van der Waals surface area contributed by atoms with Gasteiger partial charge in [0.15, 0.2) is 0 Å². The molecule has 0 saturated heterocycles. The van der Waals surface area contributed by atoms with Crippen LogP contribution >= 0.6 is 22.9 Å². The van der Waals surface area contributed by atoms with Crippen molar-refractivity contribution in [1.82, 2.24) is 20.1 Å². The standard InChI is InChI=1S/C10H13ClN4OS/c1-15-10(16-2)3-7(14-15)4-12-6-9-13-5-8(11)17-9/h3,5,12H,4,6H2,1-2H3. The minimum Gasteiger partial charge on any atom is -0.481 e. The zero-order chi connectivity index (χ0) is 12.3. The number of hydrogen-bond donors (Lipinski definition) is 1. The van der Waals surface area contributed by atoms with E-state index < -0.39 is 0 Å². The highest BCUT2D eigenvalue weighted by molar-refractivity contribution is 7.15. The quantitative estimate of drug-likeness (QED) is 0.902. The Kier molecular flexibility index (Phi) is 3.98. The van der Waals surface area contributed by atoms with E-state index in [4.69, 9.17) is 16.3 Å². The number of halogens is 1. The molecular weight excluding hydrogens is 260 g/mol. The number of nitrogens with zero attached hydrogens (tertiary/aromatic N) is 3. The molecule has 0 saturated carbocycles. The summed E-state index contributed by atoms with van der Waals surface area (Å²) < 4.78 is 7.55. The van der Waals surface area contributed by atoms with Gasteiger partial charge < -0.3 is 10.1 Å². The molecule has 5 nitrogen and oxygen atoms in total. The molecule has 0 aliphatic heterocycles.